The molecule has 9 nitrogen and oxygen atoms in total. The molecule has 0 fully saturated rings. The predicted molar refractivity (Wildman–Crippen MR) is 136 cm³/mol. The lowest BCUT2D eigenvalue weighted by Crippen LogP contribution is -2.22. The molecule has 186 valence electrons. The first-order valence-electron chi connectivity index (χ1n) is 12.0. The number of anilines is 1. The number of hydrogen-bond donors (Lipinski definition) is 2. The van der Waals surface area contributed by atoms with Crippen LogP contribution in [-0.2, 0) is 26.1 Å². The summed E-state index contributed by atoms with van der Waals surface area (Å²) in [5.41, 5.74) is 2.45. The Morgan fingerprint density at radius 1 is 1.09 bits per heavy atom. The van der Waals surface area contributed by atoms with Gasteiger partial charge < -0.3 is 9.30 Å². The monoisotopic (exact) mass is 497 g/mol. The van der Waals surface area contributed by atoms with Gasteiger partial charge in [0.25, 0.3) is 10.0 Å². The van der Waals surface area contributed by atoms with Crippen molar-refractivity contribution in [2.24, 2.45) is 4.99 Å². The predicted octanol–water partition coefficient (Wildman–Crippen LogP) is 3.70. The molecule has 0 bridgehead atoms. The molecule has 0 aliphatic carbocycles. The number of para-hydroxylation sites is 2. The maximum absolute atomic E-state index is 12.6. The number of ether oxygens (including phenoxy) is 1. The standard InChI is InChI=1S/C25H31N5O4S/c1-2-34-18-10-17-30-21-13-7-6-12-20(21)27-25(30)28-23(31)15-4-3-9-16-26-24-19-11-5-8-14-22(19)35(32,33)29-24/h5-8,11-14H,2-4,9-10,15-18H2,1H3,(H,26,29)(H,27,28,31). The van der Waals surface area contributed by atoms with Crippen molar-refractivity contribution in [2.45, 2.75) is 50.5 Å². The third kappa shape index (κ3) is 6.07. The fourth-order valence-electron chi connectivity index (χ4n) is 4.07. The number of aliphatic imine (C=N–C) groups is 1. The zero-order chi connectivity index (χ0) is 24.7. The van der Waals surface area contributed by atoms with Gasteiger partial charge in [-0.1, -0.05) is 30.7 Å². The molecule has 10 heteroatoms. The fourth-order valence-corrected chi connectivity index (χ4v) is 5.32. The van der Waals surface area contributed by atoms with Crippen molar-refractivity contribution in [1.82, 2.24) is 14.3 Å². The van der Waals surface area contributed by atoms with Gasteiger partial charge in [-0.25, -0.2) is 13.4 Å². The minimum atomic E-state index is -3.51. The number of carbonyl (C=O) groups is 1. The number of imidazole rings is 1. The molecule has 2 N–H and O–H groups in total. The van der Waals surface area contributed by atoms with E-state index in [1.807, 2.05) is 35.8 Å². The van der Waals surface area contributed by atoms with Gasteiger partial charge in [0.2, 0.25) is 11.9 Å². The number of hydrogen-bond acceptors (Lipinski definition) is 6. The van der Waals surface area contributed by atoms with E-state index in [0.717, 1.165) is 30.3 Å². The van der Waals surface area contributed by atoms with Gasteiger partial charge in [0, 0.05) is 38.3 Å². The number of aromatic nitrogens is 2. The Hall–Kier alpha value is -3.24. The second-order valence-electron chi connectivity index (χ2n) is 8.32. The number of amidine groups is 1. The third-order valence-electron chi connectivity index (χ3n) is 5.77. The maximum atomic E-state index is 12.6. The second kappa shape index (κ2) is 11.5. The molecule has 4 rings (SSSR count). The van der Waals surface area contributed by atoms with E-state index in [-0.39, 0.29) is 10.8 Å². The van der Waals surface area contributed by atoms with E-state index in [9.17, 15) is 13.2 Å². The average molecular weight is 498 g/mol. The Bertz CT molecular complexity index is 1320. The number of sulfonamides is 1. The number of aryl methyl sites for hydroxylation is 1. The summed E-state index contributed by atoms with van der Waals surface area (Å²) in [4.78, 5) is 21.9. The molecular formula is C25H31N5O4S. The number of rotatable bonds is 12. The normalized spacial score (nSPS) is 15.3. The lowest BCUT2D eigenvalue weighted by atomic mass is 10.2. The molecule has 0 atom stereocenters. The highest BCUT2D eigenvalue weighted by Crippen LogP contribution is 2.23. The van der Waals surface area contributed by atoms with E-state index in [2.05, 4.69) is 20.0 Å². The summed E-state index contributed by atoms with van der Waals surface area (Å²) < 4.78 is 34.3. The molecular weight excluding hydrogens is 466 g/mol. The smallest absolute Gasteiger partial charge is 0.263 e. The van der Waals surface area contributed by atoms with Crippen molar-refractivity contribution in [2.75, 3.05) is 25.1 Å². The Morgan fingerprint density at radius 2 is 1.89 bits per heavy atom. The Balaban J connectivity index is 1.25. The largest absolute Gasteiger partial charge is 0.382 e. The molecule has 0 saturated carbocycles. The van der Waals surface area contributed by atoms with E-state index in [1.54, 1.807) is 24.3 Å². The van der Waals surface area contributed by atoms with Gasteiger partial charge in [-0.15, -0.1) is 0 Å². The van der Waals surface area contributed by atoms with Crippen LogP contribution < -0.4 is 10.0 Å². The van der Waals surface area contributed by atoms with Crippen LogP contribution in [0, 0.1) is 0 Å². The molecule has 0 spiro atoms. The lowest BCUT2D eigenvalue weighted by Gasteiger charge is -2.10. The summed E-state index contributed by atoms with van der Waals surface area (Å²) >= 11 is 0. The molecule has 0 saturated heterocycles. The van der Waals surface area contributed by atoms with Crippen molar-refractivity contribution >= 4 is 38.7 Å². The number of fused-ring (bicyclic) bond motifs is 2. The number of benzene rings is 2. The van der Waals surface area contributed by atoms with Crippen LogP contribution in [0.4, 0.5) is 5.95 Å². The molecule has 0 unspecified atom stereocenters. The van der Waals surface area contributed by atoms with Crippen LogP contribution in [0.3, 0.4) is 0 Å². The van der Waals surface area contributed by atoms with Crippen molar-refractivity contribution in [1.29, 1.82) is 0 Å². The SMILES string of the molecule is CCOCCCn1c(NC(=O)CCCCCN=C2NS(=O)(=O)c3ccccc32)nc2ccccc21. The summed E-state index contributed by atoms with van der Waals surface area (Å²) in [5.74, 6) is 0.878. The molecule has 1 aliphatic rings. The molecule has 1 amide bonds. The van der Waals surface area contributed by atoms with Crippen molar-refractivity contribution in [3.05, 3.63) is 54.1 Å². The van der Waals surface area contributed by atoms with Crippen LogP contribution in [0.5, 0.6) is 0 Å². The van der Waals surface area contributed by atoms with E-state index < -0.39 is 10.0 Å². The lowest BCUT2D eigenvalue weighted by molar-refractivity contribution is -0.116. The number of nitrogens with zero attached hydrogens (tertiary/aromatic N) is 3. The summed E-state index contributed by atoms with van der Waals surface area (Å²) in [6, 6.07) is 14.7. The van der Waals surface area contributed by atoms with Crippen LogP contribution in [0.2, 0.25) is 0 Å². The molecule has 3 aromatic rings. The van der Waals surface area contributed by atoms with Gasteiger partial charge in [-0.3, -0.25) is 19.8 Å². The van der Waals surface area contributed by atoms with Gasteiger partial charge in [0.05, 0.1) is 15.9 Å². The highest BCUT2D eigenvalue weighted by Gasteiger charge is 2.29. The van der Waals surface area contributed by atoms with Crippen LogP contribution in [-0.4, -0.2) is 49.5 Å². The molecule has 2 aromatic carbocycles. The Labute approximate surface area is 205 Å². The quantitative estimate of drug-likeness (QED) is 0.370. The summed E-state index contributed by atoms with van der Waals surface area (Å²) in [6.07, 6.45) is 3.50. The van der Waals surface area contributed by atoms with Crippen molar-refractivity contribution in [3.8, 4) is 0 Å². The van der Waals surface area contributed by atoms with Crippen LogP contribution in [0.1, 0.15) is 44.6 Å². The van der Waals surface area contributed by atoms with Gasteiger partial charge in [0.1, 0.15) is 5.84 Å². The third-order valence-corrected chi connectivity index (χ3v) is 7.17. The summed E-state index contributed by atoms with van der Waals surface area (Å²) in [5, 5.41) is 2.96. The number of nitrogens with one attached hydrogen (secondary N) is 2. The van der Waals surface area contributed by atoms with Crippen LogP contribution in [0.15, 0.2) is 58.4 Å². The molecule has 0 radical (unpaired) electrons. The van der Waals surface area contributed by atoms with Crippen LogP contribution >= 0.6 is 0 Å². The highest BCUT2D eigenvalue weighted by atomic mass is 32.2. The van der Waals surface area contributed by atoms with Gasteiger partial charge >= 0.3 is 0 Å². The molecule has 1 aliphatic heterocycles. The molecule has 35 heavy (non-hydrogen) atoms. The number of amides is 1. The zero-order valence-electron chi connectivity index (χ0n) is 19.9. The van der Waals surface area contributed by atoms with E-state index >= 15 is 0 Å². The minimum Gasteiger partial charge on any atom is -0.382 e. The average Bonchev–Trinajstić information content (AvgIpc) is 3.32. The van der Waals surface area contributed by atoms with Gasteiger partial charge in [-0.05, 0) is 50.5 Å². The first kappa shape index (κ1) is 24.9. The van der Waals surface area contributed by atoms with Gasteiger partial charge in [-0.2, -0.15) is 0 Å². The van der Waals surface area contributed by atoms with Crippen LogP contribution in [0.25, 0.3) is 11.0 Å². The summed E-state index contributed by atoms with van der Waals surface area (Å²) in [6.45, 7) is 4.52. The van der Waals surface area contributed by atoms with Crippen molar-refractivity contribution < 1.29 is 17.9 Å². The molecule has 2 heterocycles. The maximum Gasteiger partial charge on any atom is 0.263 e. The van der Waals surface area contributed by atoms with Crippen molar-refractivity contribution in [3.63, 3.8) is 0 Å². The summed E-state index contributed by atoms with van der Waals surface area (Å²) in [7, 11) is -3.51. The topological polar surface area (TPSA) is 115 Å². The zero-order valence-corrected chi connectivity index (χ0v) is 20.7. The number of unbranched alkanes of at least 4 members (excludes halogenated alkanes) is 2. The van der Waals surface area contributed by atoms with E-state index in [0.29, 0.717) is 56.5 Å². The fraction of sp³-hybridized carbons (Fsp3) is 0.400. The van der Waals surface area contributed by atoms with Gasteiger partial charge in [0.15, 0.2) is 0 Å². The first-order chi connectivity index (χ1) is 17.0. The van der Waals surface area contributed by atoms with E-state index in [1.165, 1.54) is 0 Å². The Morgan fingerprint density at radius 3 is 2.74 bits per heavy atom. The number of carbonyl (C=O) groups excluding carboxylic acids is 1. The molecule has 1 aromatic heterocycles. The second-order valence-corrected chi connectivity index (χ2v) is 9.97. The van der Waals surface area contributed by atoms with E-state index in [4.69, 9.17) is 4.74 Å². The first-order valence-corrected chi connectivity index (χ1v) is 13.5. The minimum absolute atomic E-state index is 0.0739. The Kier molecular flexibility index (Phi) is 8.14. The highest BCUT2D eigenvalue weighted by molar-refractivity contribution is 7.90.